The molecule has 2 heterocycles. The van der Waals surface area contributed by atoms with Gasteiger partial charge in [0.25, 0.3) is 5.91 Å². The van der Waals surface area contributed by atoms with Crippen molar-refractivity contribution in [2.24, 2.45) is 0 Å². The lowest BCUT2D eigenvalue weighted by Gasteiger charge is -2.07. The van der Waals surface area contributed by atoms with E-state index in [0.29, 0.717) is 30.1 Å². The lowest BCUT2D eigenvalue weighted by atomic mass is 10.1. The maximum absolute atomic E-state index is 12.3. The van der Waals surface area contributed by atoms with Crippen molar-refractivity contribution in [2.75, 3.05) is 0 Å². The van der Waals surface area contributed by atoms with Crippen molar-refractivity contribution in [1.82, 2.24) is 31.1 Å². The van der Waals surface area contributed by atoms with Crippen LogP contribution < -0.4 is 10.9 Å². The summed E-state index contributed by atoms with van der Waals surface area (Å²) in [5.41, 5.74) is 6.91. The molecular weight excluding hydrogens is 396 g/mol. The molecule has 0 aliphatic heterocycles. The van der Waals surface area contributed by atoms with Crippen LogP contribution in [0.5, 0.6) is 0 Å². The average molecular weight is 416 g/mol. The number of nitrogens with one attached hydrogen (secondary N) is 2. The van der Waals surface area contributed by atoms with Crippen molar-refractivity contribution in [1.29, 1.82) is 0 Å². The average Bonchev–Trinajstić information content (AvgIpc) is 3.48. The van der Waals surface area contributed by atoms with Gasteiger partial charge in [-0.3, -0.25) is 20.4 Å². The van der Waals surface area contributed by atoms with Gasteiger partial charge in [0.15, 0.2) is 5.76 Å². The summed E-state index contributed by atoms with van der Waals surface area (Å²) in [4.78, 5) is 25.8. The van der Waals surface area contributed by atoms with Crippen LogP contribution in [0.2, 0.25) is 0 Å². The fourth-order valence-corrected chi connectivity index (χ4v) is 2.88. The van der Waals surface area contributed by atoms with E-state index >= 15 is 0 Å². The Morgan fingerprint density at radius 3 is 2.39 bits per heavy atom. The van der Waals surface area contributed by atoms with Crippen molar-refractivity contribution < 1.29 is 14.0 Å². The summed E-state index contributed by atoms with van der Waals surface area (Å²) in [6.07, 6.45) is 0.684. The first-order valence-electron chi connectivity index (χ1n) is 9.74. The number of hydrogen-bond donors (Lipinski definition) is 2. The number of aryl methyl sites for hydroxylation is 1. The van der Waals surface area contributed by atoms with Gasteiger partial charge in [-0.15, -0.1) is 10.2 Å². The zero-order valence-electron chi connectivity index (χ0n) is 16.8. The lowest BCUT2D eigenvalue weighted by molar-refractivity contribution is 0.0830. The standard InChI is InChI=1S/C22H20N6O3/c1-2-18-12-13-19(31-18)22(30)25-24-21(29)17-10-8-15(9-11-17)14-28-26-20(23-27-28)16-6-4-3-5-7-16/h3-13H,2,14H2,1H3,(H,24,29)(H,25,30). The molecule has 4 aromatic rings. The maximum atomic E-state index is 12.3. The molecule has 0 saturated carbocycles. The number of nitrogens with zero attached hydrogens (tertiary/aromatic N) is 4. The summed E-state index contributed by atoms with van der Waals surface area (Å²) in [5, 5.41) is 12.5. The van der Waals surface area contributed by atoms with Gasteiger partial charge >= 0.3 is 5.91 Å². The van der Waals surface area contributed by atoms with Gasteiger partial charge in [-0.1, -0.05) is 49.4 Å². The minimum absolute atomic E-state index is 0.141. The SMILES string of the molecule is CCc1ccc(C(=O)NNC(=O)c2ccc(Cn3nnc(-c4ccccc4)n3)cc2)o1. The van der Waals surface area contributed by atoms with Crippen molar-refractivity contribution >= 4 is 11.8 Å². The highest BCUT2D eigenvalue weighted by molar-refractivity contribution is 5.97. The number of hydrazine groups is 1. The fraction of sp³-hybridized carbons (Fsp3) is 0.136. The second kappa shape index (κ2) is 9.04. The molecule has 31 heavy (non-hydrogen) atoms. The van der Waals surface area contributed by atoms with Crippen LogP contribution in [0.25, 0.3) is 11.4 Å². The van der Waals surface area contributed by atoms with Gasteiger partial charge in [-0.25, -0.2) is 0 Å². The van der Waals surface area contributed by atoms with Crippen LogP contribution in [-0.2, 0) is 13.0 Å². The van der Waals surface area contributed by atoms with E-state index in [9.17, 15) is 9.59 Å². The molecule has 0 fully saturated rings. The number of hydrogen-bond acceptors (Lipinski definition) is 6. The third kappa shape index (κ3) is 4.84. The molecule has 0 aliphatic carbocycles. The normalized spacial score (nSPS) is 10.6. The highest BCUT2D eigenvalue weighted by atomic mass is 16.4. The number of rotatable bonds is 6. The molecular formula is C22H20N6O3. The summed E-state index contributed by atoms with van der Waals surface area (Å²) in [7, 11) is 0. The molecule has 9 nitrogen and oxygen atoms in total. The van der Waals surface area contributed by atoms with Crippen molar-refractivity contribution in [2.45, 2.75) is 19.9 Å². The van der Waals surface area contributed by atoms with Gasteiger partial charge in [0.2, 0.25) is 5.82 Å². The van der Waals surface area contributed by atoms with Crippen molar-refractivity contribution in [3.05, 3.63) is 89.4 Å². The van der Waals surface area contributed by atoms with Gasteiger partial charge in [-0.2, -0.15) is 4.80 Å². The third-order valence-electron chi connectivity index (χ3n) is 4.55. The highest BCUT2D eigenvalue weighted by Crippen LogP contribution is 2.13. The number of furan rings is 1. The first-order chi connectivity index (χ1) is 15.1. The minimum Gasteiger partial charge on any atom is -0.456 e. The van der Waals surface area contributed by atoms with Crippen molar-refractivity contribution in [3.63, 3.8) is 0 Å². The number of amides is 2. The predicted molar refractivity (Wildman–Crippen MR) is 112 cm³/mol. The molecule has 0 saturated heterocycles. The molecule has 2 aromatic heterocycles. The Labute approximate surface area is 178 Å². The topological polar surface area (TPSA) is 115 Å². The summed E-state index contributed by atoms with van der Waals surface area (Å²) < 4.78 is 5.35. The molecule has 0 bridgehead atoms. The molecule has 0 unspecified atom stereocenters. The van der Waals surface area contributed by atoms with Crippen LogP contribution in [0.3, 0.4) is 0 Å². The number of benzene rings is 2. The van der Waals surface area contributed by atoms with Crippen LogP contribution in [0.1, 0.15) is 39.2 Å². The predicted octanol–water partition coefficient (Wildman–Crippen LogP) is 2.62. The molecule has 0 aliphatic rings. The van der Waals surface area contributed by atoms with Crippen LogP contribution in [-0.4, -0.2) is 32.0 Å². The van der Waals surface area contributed by atoms with E-state index in [0.717, 1.165) is 11.1 Å². The summed E-state index contributed by atoms with van der Waals surface area (Å²) >= 11 is 0. The summed E-state index contributed by atoms with van der Waals surface area (Å²) in [6, 6.07) is 19.8. The number of carbonyl (C=O) groups is 2. The van der Waals surface area contributed by atoms with E-state index in [2.05, 4.69) is 26.3 Å². The van der Waals surface area contributed by atoms with Crippen LogP contribution in [0.4, 0.5) is 0 Å². The molecule has 0 radical (unpaired) electrons. The van der Waals surface area contributed by atoms with Gasteiger partial charge in [0.05, 0.1) is 6.54 Å². The first kappa shape index (κ1) is 20.0. The first-order valence-corrected chi connectivity index (χ1v) is 9.74. The molecule has 4 rings (SSSR count). The second-order valence-corrected chi connectivity index (χ2v) is 6.73. The minimum atomic E-state index is -0.517. The van der Waals surface area contributed by atoms with E-state index in [1.165, 1.54) is 4.80 Å². The van der Waals surface area contributed by atoms with Gasteiger partial charge < -0.3 is 4.42 Å². The summed E-state index contributed by atoms with van der Waals surface area (Å²) in [5.74, 6) is 0.436. The summed E-state index contributed by atoms with van der Waals surface area (Å²) in [6.45, 7) is 2.34. The third-order valence-corrected chi connectivity index (χ3v) is 4.55. The van der Waals surface area contributed by atoms with E-state index in [4.69, 9.17) is 4.42 Å². The van der Waals surface area contributed by atoms with Gasteiger partial charge in [0.1, 0.15) is 5.76 Å². The highest BCUT2D eigenvalue weighted by Gasteiger charge is 2.13. The quantitative estimate of drug-likeness (QED) is 0.467. The largest absolute Gasteiger partial charge is 0.456 e. The van der Waals surface area contributed by atoms with Crippen LogP contribution in [0, 0.1) is 0 Å². The molecule has 2 amide bonds. The zero-order valence-corrected chi connectivity index (χ0v) is 16.8. The van der Waals surface area contributed by atoms with Gasteiger partial charge in [-0.05, 0) is 35.0 Å². The Morgan fingerprint density at radius 2 is 1.68 bits per heavy atom. The molecule has 156 valence electrons. The van der Waals surface area contributed by atoms with E-state index in [1.807, 2.05) is 37.3 Å². The molecule has 0 spiro atoms. The molecule has 2 N–H and O–H groups in total. The monoisotopic (exact) mass is 416 g/mol. The van der Waals surface area contributed by atoms with Crippen LogP contribution in [0.15, 0.2) is 71.1 Å². The number of carbonyl (C=O) groups excluding carboxylic acids is 2. The Balaban J connectivity index is 1.33. The van der Waals surface area contributed by atoms with E-state index < -0.39 is 11.8 Å². The Kier molecular flexibility index (Phi) is 5.84. The van der Waals surface area contributed by atoms with E-state index in [-0.39, 0.29) is 5.76 Å². The lowest BCUT2D eigenvalue weighted by Crippen LogP contribution is -2.41. The fourth-order valence-electron chi connectivity index (χ4n) is 2.88. The molecule has 9 heteroatoms. The van der Waals surface area contributed by atoms with Crippen molar-refractivity contribution in [3.8, 4) is 11.4 Å². The Bertz CT molecular complexity index is 1180. The Hall–Kier alpha value is -4.27. The number of aromatic nitrogens is 4. The Morgan fingerprint density at radius 1 is 0.935 bits per heavy atom. The molecule has 2 aromatic carbocycles. The smallest absolute Gasteiger partial charge is 0.305 e. The maximum Gasteiger partial charge on any atom is 0.305 e. The van der Waals surface area contributed by atoms with Gasteiger partial charge in [0, 0.05) is 17.5 Å². The second-order valence-electron chi connectivity index (χ2n) is 6.73. The number of tetrazole rings is 1. The van der Waals surface area contributed by atoms with Crippen LogP contribution >= 0.6 is 0 Å². The van der Waals surface area contributed by atoms with E-state index in [1.54, 1.807) is 36.4 Å². The molecule has 0 atom stereocenters. The zero-order chi connectivity index (χ0) is 21.6.